The summed E-state index contributed by atoms with van der Waals surface area (Å²) in [6.07, 6.45) is 3.61. The molecule has 2 aromatic carbocycles. The van der Waals surface area contributed by atoms with E-state index in [1.807, 2.05) is 24.3 Å². The van der Waals surface area contributed by atoms with Crippen molar-refractivity contribution in [3.05, 3.63) is 89.5 Å². The summed E-state index contributed by atoms with van der Waals surface area (Å²) in [6, 6.07) is 16.0. The summed E-state index contributed by atoms with van der Waals surface area (Å²) in [4.78, 5) is 16.5. The van der Waals surface area contributed by atoms with Gasteiger partial charge in [0.15, 0.2) is 0 Å². The number of benzene rings is 2. The number of rotatable bonds is 8. The van der Waals surface area contributed by atoms with Crippen molar-refractivity contribution in [1.29, 1.82) is 0 Å². The number of nitrogens with zero attached hydrogens (tertiary/aromatic N) is 1. The molecule has 0 atom stereocenters. The third kappa shape index (κ3) is 5.30. The first kappa shape index (κ1) is 19.4. The number of nitrogens with one attached hydrogen (secondary N) is 2. The minimum absolute atomic E-state index is 0.239. The SMILES string of the molecule is COc1ccc(CNc2cncc(C(=O)NCCc3ccccc3F)c2)cc1. The fourth-order valence-corrected chi connectivity index (χ4v) is 2.72. The van der Waals surface area contributed by atoms with Crippen LogP contribution in [-0.4, -0.2) is 24.5 Å². The van der Waals surface area contributed by atoms with Crippen LogP contribution in [0.2, 0.25) is 0 Å². The molecule has 0 aliphatic heterocycles. The molecular formula is C22H22FN3O2. The van der Waals surface area contributed by atoms with Crippen LogP contribution in [0.25, 0.3) is 0 Å². The van der Waals surface area contributed by atoms with Gasteiger partial charge in [0.05, 0.1) is 18.4 Å². The van der Waals surface area contributed by atoms with Crippen LogP contribution >= 0.6 is 0 Å². The minimum Gasteiger partial charge on any atom is -0.497 e. The van der Waals surface area contributed by atoms with Gasteiger partial charge in [0.2, 0.25) is 0 Å². The summed E-state index contributed by atoms with van der Waals surface area (Å²) < 4.78 is 18.8. The van der Waals surface area contributed by atoms with Gasteiger partial charge in [0, 0.05) is 25.5 Å². The Morgan fingerprint density at radius 1 is 1.11 bits per heavy atom. The first-order valence-electron chi connectivity index (χ1n) is 8.99. The fraction of sp³-hybridized carbons (Fsp3) is 0.182. The summed E-state index contributed by atoms with van der Waals surface area (Å²) in [7, 11) is 1.63. The van der Waals surface area contributed by atoms with Crippen LogP contribution in [0.5, 0.6) is 5.75 Å². The molecule has 0 aliphatic rings. The molecule has 6 heteroatoms. The number of methoxy groups -OCH3 is 1. The van der Waals surface area contributed by atoms with Crippen LogP contribution in [0.4, 0.5) is 10.1 Å². The van der Waals surface area contributed by atoms with Crippen LogP contribution in [0.3, 0.4) is 0 Å². The molecule has 5 nitrogen and oxygen atoms in total. The number of carbonyl (C=O) groups is 1. The van der Waals surface area contributed by atoms with E-state index in [0.717, 1.165) is 17.0 Å². The Labute approximate surface area is 163 Å². The van der Waals surface area contributed by atoms with Gasteiger partial charge < -0.3 is 15.4 Å². The van der Waals surface area contributed by atoms with Crippen molar-refractivity contribution in [2.75, 3.05) is 19.0 Å². The highest BCUT2D eigenvalue weighted by atomic mass is 19.1. The maximum Gasteiger partial charge on any atom is 0.252 e. The molecule has 0 spiro atoms. The second-order valence-corrected chi connectivity index (χ2v) is 6.26. The molecule has 1 amide bonds. The normalized spacial score (nSPS) is 10.4. The average molecular weight is 379 g/mol. The van der Waals surface area contributed by atoms with E-state index in [1.54, 1.807) is 37.6 Å². The number of ether oxygens (including phenoxy) is 1. The van der Waals surface area contributed by atoms with Gasteiger partial charge in [-0.05, 0) is 41.8 Å². The molecule has 144 valence electrons. The lowest BCUT2D eigenvalue weighted by molar-refractivity contribution is 0.0953. The van der Waals surface area contributed by atoms with Gasteiger partial charge in [-0.25, -0.2) is 4.39 Å². The van der Waals surface area contributed by atoms with Gasteiger partial charge >= 0.3 is 0 Å². The second-order valence-electron chi connectivity index (χ2n) is 6.26. The number of halogens is 1. The van der Waals surface area contributed by atoms with Crippen LogP contribution < -0.4 is 15.4 Å². The summed E-state index contributed by atoms with van der Waals surface area (Å²) in [5.74, 6) is 0.305. The molecule has 0 radical (unpaired) electrons. The molecule has 1 heterocycles. The molecule has 0 unspecified atom stereocenters. The molecule has 3 aromatic rings. The van der Waals surface area contributed by atoms with Crippen molar-refractivity contribution in [1.82, 2.24) is 10.3 Å². The van der Waals surface area contributed by atoms with E-state index < -0.39 is 0 Å². The van der Waals surface area contributed by atoms with Gasteiger partial charge in [-0.1, -0.05) is 30.3 Å². The highest BCUT2D eigenvalue weighted by Gasteiger charge is 2.08. The molecule has 2 N–H and O–H groups in total. The van der Waals surface area contributed by atoms with Gasteiger partial charge in [-0.15, -0.1) is 0 Å². The van der Waals surface area contributed by atoms with Crippen LogP contribution in [0.1, 0.15) is 21.5 Å². The van der Waals surface area contributed by atoms with Gasteiger partial charge in [0.25, 0.3) is 5.91 Å². The summed E-state index contributed by atoms with van der Waals surface area (Å²) in [5.41, 5.74) is 2.86. The lowest BCUT2D eigenvalue weighted by atomic mass is 10.1. The van der Waals surface area contributed by atoms with E-state index >= 15 is 0 Å². The van der Waals surface area contributed by atoms with Crippen molar-refractivity contribution in [2.24, 2.45) is 0 Å². The Morgan fingerprint density at radius 3 is 2.64 bits per heavy atom. The van der Waals surface area contributed by atoms with Crippen LogP contribution in [0.15, 0.2) is 67.0 Å². The number of anilines is 1. The van der Waals surface area contributed by atoms with E-state index in [2.05, 4.69) is 15.6 Å². The van der Waals surface area contributed by atoms with Crippen molar-refractivity contribution in [2.45, 2.75) is 13.0 Å². The fourth-order valence-electron chi connectivity index (χ4n) is 2.72. The molecule has 28 heavy (non-hydrogen) atoms. The quantitative estimate of drug-likeness (QED) is 0.625. The number of amides is 1. The maximum atomic E-state index is 13.6. The average Bonchev–Trinajstić information content (AvgIpc) is 2.74. The molecule has 0 saturated carbocycles. The van der Waals surface area contributed by atoms with Crippen molar-refractivity contribution >= 4 is 11.6 Å². The lowest BCUT2D eigenvalue weighted by Crippen LogP contribution is -2.26. The molecule has 0 fully saturated rings. The smallest absolute Gasteiger partial charge is 0.252 e. The Hall–Kier alpha value is -3.41. The first-order chi connectivity index (χ1) is 13.7. The zero-order valence-electron chi connectivity index (χ0n) is 15.6. The van der Waals surface area contributed by atoms with Gasteiger partial charge in [-0.3, -0.25) is 9.78 Å². The predicted molar refractivity (Wildman–Crippen MR) is 107 cm³/mol. The van der Waals surface area contributed by atoms with E-state index in [9.17, 15) is 9.18 Å². The van der Waals surface area contributed by atoms with Crippen molar-refractivity contribution in [3.63, 3.8) is 0 Å². The van der Waals surface area contributed by atoms with E-state index in [-0.39, 0.29) is 11.7 Å². The molecule has 0 aliphatic carbocycles. The summed E-state index contributed by atoms with van der Waals surface area (Å²) in [5, 5.41) is 6.05. The van der Waals surface area contributed by atoms with E-state index in [4.69, 9.17) is 4.74 Å². The standard InChI is InChI=1S/C22H22FN3O2/c1-28-20-8-6-16(7-9-20)13-26-19-12-18(14-24-15-19)22(27)25-11-10-17-4-2-3-5-21(17)23/h2-9,12,14-15,26H,10-11,13H2,1H3,(H,25,27). The van der Waals surface area contributed by atoms with Crippen molar-refractivity contribution < 1.29 is 13.9 Å². The Balaban J connectivity index is 1.53. The number of hydrogen-bond acceptors (Lipinski definition) is 4. The topological polar surface area (TPSA) is 63.2 Å². The van der Waals surface area contributed by atoms with Crippen LogP contribution in [0, 0.1) is 5.82 Å². The molecular weight excluding hydrogens is 357 g/mol. The third-order valence-corrected chi connectivity index (χ3v) is 4.29. The molecule has 3 rings (SSSR count). The Kier molecular flexibility index (Phi) is 6.57. The number of carbonyl (C=O) groups excluding carboxylic acids is 1. The first-order valence-corrected chi connectivity index (χ1v) is 8.99. The second kappa shape index (κ2) is 9.50. The number of hydrogen-bond donors (Lipinski definition) is 2. The lowest BCUT2D eigenvalue weighted by Gasteiger charge is -2.09. The summed E-state index contributed by atoms with van der Waals surface area (Å²) in [6.45, 7) is 0.952. The van der Waals surface area contributed by atoms with Gasteiger partial charge in [0.1, 0.15) is 11.6 Å². The summed E-state index contributed by atoms with van der Waals surface area (Å²) >= 11 is 0. The minimum atomic E-state index is -0.261. The largest absolute Gasteiger partial charge is 0.497 e. The highest BCUT2D eigenvalue weighted by molar-refractivity contribution is 5.94. The zero-order valence-corrected chi connectivity index (χ0v) is 15.6. The highest BCUT2D eigenvalue weighted by Crippen LogP contribution is 2.14. The predicted octanol–water partition coefficient (Wildman–Crippen LogP) is 3.81. The van der Waals surface area contributed by atoms with E-state index in [0.29, 0.717) is 30.6 Å². The molecule has 0 saturated heterocycles. The molecule has 0 bridgehead atoms. The number of pyridine rings is 1. The van der Waals surface area contributed by atoms with Crippen molar-refractivity contribution in [3.8, 4) is 5.75 Å². The van der Waals surface area contributed by atoms with E-state index in [1.165, 1.54) is 12.3 Å². The maximum absolute atomic E-state index is 13.6. The van der Waals surface area contributed by atoms with Gasteiger partial charge in [-0.2, -0.15) is 0 Å². The Bertz CT molecular complexity index is 929. The molecule has 1 aromatic heterocycles. The van der Waals surface area contributed by atoms with Crippen LogP contribution in [-0.2, 0) is 13.0 Å². The monoisotopic (exact) mass is 379 g/mol. The Morgan fingerprint density at radius 2 is 1.89 bits per heavy atom. The zero-order chi connectivity index (χ0) is 19.8. The third-order valence-electron chi connectivity index (χ3n) is 4.29. The number of aromatic nitrogens is 1.